The van der Waals surface area contributed by atoms with Gasteiger partial charge in [0, 0.05) is 5.69 Å². The van der Waals surface area contributed by atoms with Crippen molar-refractivity contribution in [3.05, 3.63) is 27.4 Å². The van der Waals surface area contributed by atoms with Crippen molar-refractivity contribution in [2.24, 2.45) is 0 Å². The summed E-state index contributed by atoms with van der Waals surface area (Å²) in [4.78, 5) is 17.6. The van der Waals surface area contributed by atoms with Crippen molar-refractivity contribution in [2.45, 2.75) is 33.6 Å². The Morgan fingerprint density at radius 3 is 2.50 bits per heavy atom. The van der Waals surface area contributed by atoms with Gasteiger partial charge in [0.2, 0.25) is 0 Å². The largest absolute Gasteiger partial charge is 0.345 e. The molecular formula is C9H14N2O. The van der Waals surface area contributed by atoms with Crippen LogP contribution in [0.5, 0.6) is 0 Å². The maximum Gasteiger partial charge on any atom is 0.345 e. The molecule has 0 fully saturated rings. The standard InChI is InChI=1S/C9H14N2O/c1-4-7-6(3)10-9(12)11-8(7)5-2/h4-5H2,1-3H3,(H,10,11,12). The van der Waals surface area contributed by atoms with E-state index >= 15 is 0 Å². The summed E-state index contributed by atoms with van der Waals surface area (Å²) in [6.45, 7) is 6.00. The van der Waals surface area contributed by atoms with Crippen molar-refractivity contribution in [2.75, 3.05) is 0 Å². The molecule has 1 aromatic rings. The topological polar surface area (TPSA) is 45.8 Å². The van der Waals surface area contributed by atoms with Crippen molar-refractivity contribution in [1.82, 2.24) is 9.97 Å². The quantitative estimate of drug-likeness (QED) is 0.717. The first-order chi connectivity index (χ1) is 5.69. The highest BCUT2D eigenvalue weighted by Gasteiger charge is 2.04. The normalized spacial score (nSPS) is 10.2. The third kappa shape index (κ3) is 1.55. The first kappa shape index (κ1) is 8.97. The maximum absolute atomic E-state index is 11.0. The van der Waals surface area contributed by atoms with Crippen LogP contribution >= 0.6 is 0 Å². The molecule has 3 nitrogen and oxygen atoms in total. The van der Waals surface area contributed by atoms with E-state index in [-0.39, 0.29) is 5.69 Å². The molecule has 0 amide bonds. The van der Waals surface area contributed by atoms with Crippen LogP contribution in [-0.2, 0) is 12.8 Å². The summed E-state index contributed by atoms with van der Waals surface area (Å²) in [7, 11) is 0. The van der Waals surface area contributed by atoms with E-state index in [9.17, 15) is 4.79 Å². The van der Waals surface area contributed by atoms with Gasteiger partial charge in [-0.15, -0.1) is 0 Å². The first-order valence-electron chi connectivity index (χ1n) is 4.27. The molecule has 0 bridgehead atoms. The third-order valence-electron chi connectivity index (χ3n) is 2.02. The number of aromatic nitrogens is 2. The van der Waals surface area contributed by atoms with Gasteiger partial charge in [0.25, 0.3) is 0 Å². The average molecular weight is 166 g/mol. The average Bonchev–Trinajstić information content (AvgIpc) is 2.03. The summed E-state index contributed by atoms with van der Waals surface area (Å²) in [6.07, 6.45) is 1.76. The molecule has 0 saturated carbocycles. The molecule has 1 rings (SSSR count). The molecule has 0 unspecified atom stereocenters. The number of rotatable bonds is 2. The van der Waals surface area contributed by atoms with Crippen LogP contribution in [0.25, 0.3) is 0 Å². The number of nitrogens with one attached hydrogen (secondary N) is 1. The second-order valence-electron chi connectivity index (χ2n) is 2.80. The molecule has 0 aliphatic carbocycles. The maximum atomic E-state index is 11.0. The Kier molecular flexibility index (Phi) is 2.63. The highest BCUT2D eigenvalue weighted by Crippen LogP contribution is 2.08. The van der Waals surface area contributed by atoms with Gasteiger partial charge < -0.3 is 4.98 Å². The zero-order chi connectivity index (χ0) is 9.14. The van der Waals surface area contributed by atoms with E-state index in [2.05, 4.69) is 16.9 Å². The van der Waals surface area contributed by atoms with Crippen molar-refractivity contribution in [3.8, 4) is 0 Å². The van der Waals surface area contributed by atoms with Crippen LogP contribution in [0.4, 0.5) is 0 Å². The van der Waals surface area contributed by atoms with Gasteiger partial charge in [0.05, 0.1) is 5.69 Å². The molecule has 66 valence electrons. The predicted molar refractivity (Wildman–Crippen MR) is 48.4 cm³/mol. The van der Waals surface area contributed by atoms with Gasteiger partial charge in [-0.3, -0.25) is 0 Å². The lowest BCUT2D eigenvalue weighted by Gasteiger charge is -2.06. The lowest BCUT2D eigenvalue weighted by molar-refractivity contribution is 0.874. The van der Waals surface area contributed by atoms with Crippen LogP contribution in [0.1, 0.15) is 30.8 Å². The Morgan fingerprint density at radius 2 is 2.00 bits per heavy atom. The van der Waals surface area contributed by atoms with Crippen LogP contribution in [0.15, 0.2) is 4.79 Å². The molecule has 0 aliphatic rings. The van der Waals surface area contributed by atoms with Gasteiger partial charge in [-0.25, -0.2) is 4.79 Å². The summed E-state index contributed by atoms with van der Waals surface area (Å²) in [5.74, 6) is 0. The summed E-state index contributed by atoms with van der Waals surface area (Å²) in [5.41, 5.74) is 2.83. The van der Waals surface area contributed by atoms with Gasteiger partial charge in [-0.05, 0) is 25.3 Å². The Bertz CT molecular complexity index is 328. The van der Waals surface area contributed by atoms with E-state index in [1.165, 1.54) is 5.56 Å². The van der Waals surface area contributed by atoms with E-state index in [0.717, 1.165) is 24.2 Å². The third-order valence-corrected chi connectivity index (χ3v) is 2.02. The smallest absolute Gasteiger partial charge is 0.310 e. The minimum atomic E-state index is -0.235. The molecule has 0 aromatic carbocycles. The number of aromatic amines is 1. The van der Waals surface area contributed by atoms with E-state index < -0.39 is 0 Å². The molecule has 1 heterocycles. The fourth-order valence-corrected chi connectivity index (χ4v) is 1.43. The molecule has 3 heteroatoms. The number of hydrogen-bond donors (Lipinski definition) is 1. The minimum absolute atomic E-state index is 0.235. The molecule has 0 spiro atoms. The van der Waals surface area contributed by atoms with Crippen LogP contribution < -0.4 is 5.69 Å². The van der Waals surface area contributed by atoms with Gasteiger partial charge in [-0.1, -0.05) is 13.8 Å². The SMILES string of the molecule is CCc1nc(=O)[nH]c(C)c1CC. The Hall–Kier alpha value is -1.12. The second-order valence-corrected chi connectivity index (χ2v) is 2.80. The zero-order valence-electron chi connectivity index (χ0n) is 7.77. The number of H-pyrrole nitrogens is 1. The van der Waals surface area contributed by atoms with E-state index in [1.54, 1.807) is 0 Å². The van der Waals surface area contributed by atoms with Crippen LogP contribution in [-0.4, -0.2) is 9.97 Å². The Balaban J connectivity index is 3.33. The molecular weight excluding hydrogens is 152 g/mol. The summed E-state index contributed by atoms with van der Waals surface area (Å²) >= 11 is 0. The zero-order valence-corrected chi connectivity index (χ0v) is 7.77. The second kappa shape index (κ2) is 3.52. The van der Waals surface area contributed by atoms with Gasteiger partial charge in [-0.2, -0.15) is 4.98 Å². The number of aryl methyl sites for hydroxylation is 2. The molecule has 0 saturated heterocycles. The summed E-state index contributed by atoms with van der Waals surface area (Å²) in [6, 6.07) is 0. The Morgan fingerprint density at radius 1 is 1.33 bits per heavy atom. The number of hydrogen-bond acceptors (Lipinski definition) is 2. The highest BCUT2D eigenvalue weighted by molar-refractivity contribution is 5.23. The molecule has 1 N–H and O–H groups in total. The molecule has 12 heavy (non-hydrogen) atoms. The predicted octanol–water partition coefficient (Wildman–Crippen LogP) is 1.20. The van der Waals surface area contributed by atoms with Gasteiger partial charge in [0.1, 0.15) is 0 Å². The number of nitrogens with zero attached hydrogens (tertiary/aromatic N) is 1. The molecule has 1 aromatic heterocycles. The lowest BCUT2D eigenvalue weighted by atomic mass is 10.1. The van der Waals surface area contributed by atoms with Gasteiger partial charge in [0.15, 0.2) is 0 Å². The van der Waals surface area contributed by atoms with Crippen molar-refractivity contribution < 1.29 is 0 Å². The monoisotopic (exact) mass is 166 g/mol. The lowest BCUT2D eigenvalue weighted by Crippen LogP contribution is -2.17. The van der Waals surface area contributed by atoms with E-state index in [1.807, 2.05) is 13.8 Å². The first-order valence-corrected chi connectivity index (χ1v) is 4.27. The molecule has 0 radical (unpaired) electrons. The summed E-state index contributed by atoms with van der Waals surface area (Å²) < 4.78 is 0. The molecule has 0 aliphatic heterocycles. The summed E-state index contributed by atoms with van der Waals surface area (Å²) in [5, 5.41) is 0. The van der Waals surface area contributed by atoms with Crippen LogP contribution in [0.2, 0.25) is 0 Å². The van der Waals surface area contributed by atoms with Crippen LogP contribution in [0, 0.1) is 6.92 Å². The molecule has 0 atom stereocenters. The van der Waals surface area contributed by atoms with Gasteiger partial charge >= 0.3 is 5.69 Å². The van der Waals surface area contributed by atoms with Crippen molar-refractivity contribution >= 4 is 0 Å². The van der Waals surface area contributed by atoms with Crippen LogP contribution in [0.3, 0.4) is 0 Å². The van der Waals surface area contributed by atoms with E-state index in [4.69, 9.17) is 0 Å². The minimum Gasteiger partial charge on any atom is -0.310 e. The fourth-order valence-electron chi connectivity index (χ4n) is 1.43. The van der Waals surface area contributed by atoms with Crippen molar-refractivity contribution in [3.63, 3.8) is 0 Å². The highest BCUT2D eigenvalue weighted by atomic mass is 16.1. The van der Waals surface area contributed by atoms with Crippen molar-refractivity contribution in [1.29, 1.82) is 0 Å². The Labute approximate surface area is 71.9 Å². The van der Waals surface area contributed by atoms with E-state index in [0.29, 0.717) is 0 Å². The fraction of sp³-hybridized carbons (Fsp3) is 0.556.